The zero-order valence-electron chi connectivity index (χ0n) is 11.6. The van der Waals surface area contributed by atoms with Crippen LogP contribution < -0.4 is 0 Å². The Morgan fingerprint density at radius 2 is 2.00 bits per heavy atom. The van der Waals surface area contributed by atoms with Crippen molar-refractivity contribution >= 4 is 11.6 Å². The highest BCUT2D eigenvalue weighted by atomic mass is 16.1. The number of ketones is 2. The molecule has 0 bridgehead atoms. The summed E-state index contributed by atoms with van der Waals surface area (Å²) < 4.78 is 0. The van der Waals surface area contributed by atoms with Gasteiger partial charge in [0.1, 0.15) is 5.78 Å². The summed E-state index contributed by atoms with van der Waals surface area (Å²) in [6.45, 7) is 9.77. The molecule has 1 aliphatic rings. The first kappa shape index (κ1) is 14.1. The van der Waals surface area contributed by atoms with Crippen LogP contribution in [0.15, 0.2) is 11.6 Å². The highest BCUT2D eigenvalue weighted by Gasteiger charge is 2.35. The van der Waals surface area contributed by atoms with Crippen LogP contribution in [0, 0.1) is 23.7 Å². The Morgan fingerprint density at radius 1 is 1.41 bits per heavy atom. The molecule has 0 aromatic carbocycles. The first-order valence-electron chi connectivity index (χ1n) is 6.56. The molecule has 0 aliphatic heterocycles. The summed E-state index contributed by atoms with van der Waals surface area (Å²) in [7, 11) is 0. The first-order valence-corrected chi connectivity index (χ1v) is 6.56. The SMILES string of the molecule is CC(=O)C(C)C[C@H]1C(=O)C(C)=CC[C@@H]1C(C)C. The van der Waals surface area contributed by atoms with Gasteiger partial charge >= 0.3 is 0 Å². The van der Waals surface area contributed by atoms with E-state index in [1.165, 1.54) is 0 Å². The molecule has 17 heavy (non-hydrogen) atoms. The Morgan fingerprint density at radius 3 is 2.47 bits per heavy atom. The lowest BCUT2D eigenvalue weighted by atomic mass is 9.70. The van der Waals surface area contributed by atoms with E-state index >= 15 is 0 Å². The van der Waals surface area contributed by atoms with E-state index in [4.69, 9.17) is 0 Å². The monoisotopic (exact) mass is 236 g/mol. The third kappa shape index (κ3) is 3.27. The van der Waals surface area contributed by atoms with Gasteiger partial charge in [-0.3, -0.25) is 9.59 Å². The topological polar surface area (TPSA) is 34.1 Å². The molecule has 1 aliphatic carbocycles. The van der Waals surface area contributed by atoms with E-state index in [0.717, 1.165) is 12.0 Å². The zero-order chi connectivity index (χ0) is 13.2. The number of rotatable bonds is 4. The Bertz CT molecular complexity index is 339. The van der Waals surface area contributed by atoms with E-state index in [-0.39, 0.29) is 23.4 Å². The van der Waals surface area contributed by atoms with Crippen molar-refractivity contribution in [2.45, 2.75) is 47.5 Å². The number of carbonyl (C=O) groups is 2. The molecule has 0 aromatic rings. The summed E-state index contributed by atoms with van der Waals surface area (Å²) in [6, 6.07) is 0. The lowest BCUT2D eigenvalue weighted by Crippen LogP contribution is -2.33. The second-order valence-corrected chi connectivity index (χ2v) is 5.75. The van der Waals surface area contributed by atoms with Crippen molar-refractivity contribution in [1.82, 2.24) is 0 Å². The van der Waals surface area contributed by atoms with Crippen molar-refractivity contribution in [3.63, 3.8) is 0 Å². The normalized spacial score (nSPS) is 26.9. The fraction of sp³-hybridized carbons (Fsp3) is 0.733. The van der Waals surface area contributed by atoms with E-state index in [9.17, 15) is 9.59 Å². The molecule has 0 amide bonds. The minimum atomic E-state index is -0.00361. The zero-order valence-corrected chi connectivity index (χ0v) is 11.6. The quantitative estimate of drug-likeness (QED) is 0.749. The van der Waals surface area contributed by atoms with Gasteiger partial charge in [-0.1, -0.05) is 26.8 Å². The first-order chi connectivity index (χ1) is 7.84. The highest BCUT2D eigenvalue weighted by molar-refractivity contribution is 5.98. The minimum absolute atomic E-state index is 0.00361. The molecule has 0 saturated heterocycles. The molecule has 2 heteroatoms. The van der Waals surface area contributed by atoms with Crippen LogP contribution in [0.3, 0.4) is 0 Å². The van der Waals surface area contributed by atoms with Crippen LogP contribution in [0.5, 0.6) is 0 Å². The van der Waals surface area contributed by atoms with Crippen LogP contribution in [0.1, 0.15) is 47.5 Å². The Labute approximate surface area is 104 Å². The molecule has 1 rings (SSSR count). The summed E-state index contributed by atoms with van der Waals surface area (Å²) in [5.74, 6) is 1.37. The molecule has 0 spiro atoms. The maximum Gasteiger partial charge on any atom is 0.161 e. The van der Waals surface area contributed by atoms with Crippen LogP contribution in [0.2, 0.25) is 0 Å². The van der Waals surface area contributed by atoms with Gasteiger partial charge in [0, 0.05) is 11.8 Å². The van der Waals surface area contributed by atoms with Gasteiger partial charge in [-0.15, -0.1) is 0 Å². The molecule has 0 aromatic heterocycles. The average molecular weight is 236 g/mol. The van der Waals surface area contributed by atoms with Crippen LogP contribution in [-0.4, -0.2) is 11.6 Å². The smallest absolute Gasteiger partial charge is 0.161 e. The standard InChI is InChI=1S/C15H24O2/c1-9(2)13-7-6-10(3)15(17)14(13)8-11(4)12(5)16/h6,9,11,13-14H,7-8H2,1-5H3/t11?,13-,14-/m1/s1. The van der Waals surface area contributed by atoms with Gasteiger partial charge in [0.25, 0.3) is 0 Å². The fourth-order valence-corrected chi connectivity index (χ4v) is 2.63. The number of carbonyl (C=O) groups excluding carboxylic acids is 2. The van der Waals surface area contributed by atoms with Crippen LogP contribution >= 0.6 is 0 Å². The van der Waals surface area contributed by atoms with Gasteiger partial charge in [0.15, 0.2) is 5.78 Å². The molecule has 3 atom stereocenters. The molecular formula is C15H24O2. The van der Waals surface area contributed by atoms with Gasteiger partial charge in [-0.05, 0) is 44.1 Å². The number of hydrogen-bond acceptors (Lipinski definition) is 2. The Kier molecular flexibility index (Phi) is 4.67. The highest BCUT2D eigenvalue weighted by Crippen LogP contribution is 2.36. The summed E-state index contributed by atoms with van der Waals surface area (Å²) in [4.78, 5) is 23.6. The van der Waals surface area contributed by atoms with E-state index < -0.39 is 0 Å². The number of allylic oxidation sites excluding steroid dienone is 2. The summed E-state index contributed by atoms with van der Waals surface area (Å²) in [5.41, 5.74) is 0.877. The van der Waals surface area contributed by atoms with Gasteiger partial charge in [-0.2, -0.15) is 0 Å². The Balaban J connectivity index is 2.87. The van der Waals surface area contributed by atoms with Crippen molar-refractivity contribution < 1.29 is 9.59 Å². The molecule has 96 valence electrons. The van der Waals surface area contributed by atoms with Gasteiger partial charge in [0.2, 0.25) is 0 Å². The van der Waals surface area contributed by atoms with E-state index in [1.807, 2.05) is 13.8 Å². The lowest BCUT2D eigenvalue weighted by Gasteiger charge is -2.33. The van der Waals surface area contributed by atoms with Crippen molar-refractivity contribution in [1.29, 1.82) is 0 Å². The van der Waals surface area contributed by atoms with Crippen molar-refractivity contribution in [2.75, 3.05) is 0 Å². The van der Waals surface area contributed by atoms with Gasteiger partial charge in [0.05, 0.1) is 0 Å². The maximum absolute atomic E-state index is 12.2. The lowest BCUT2D eigenvalue weighted by molar-refractivity contribution is -0.125. The predicted molar refractivity (Wildman–Crippen MR) is 69.7 cm³/mol. The fourth-order valence-electron chi connectivity index (χ4n) is 2.63. The molecular weight excluding hydrogens is 212 g/mol. The number of Topliss-reactive ketones (excluding diaryl/α,β-unsaturated/α-hetero) is 2. The number of hydrogen-bond donors (Lipinski definition) is 0. The summed E-state index contributed by atoms with van der Waals surface area (Å²) >= 11 is 0. The van der Waals surface area contributed by atoms with Crippen molar-refractivity contribution in [2.24, 2.45) is 23.7 Å². The van der Waals surface area contributed by atoms with Crippen molar-refractivity contribution in [3.8, 4) is 0 Å². The van der Waals surface area contributed by atoms with Crippen LogP contribution in [0.25, 0.3) is 0 Å². The van der Waals surface area contributed by atoms with E-state index in [0.29, 0.717) is 18.3 Å². The second kappa shape index (κ2) is 5.61. The van der Waals surface area contributed by atoms with Crippen LogP contribution in [-0.2, 0) is 9.59 Å². The second-order valence-electron chi connectivity index (χ2n) is 5.75. The summed E-state index contributed by atoms with van der Waals surface area (Å²) in [6.07, 6.45) is 3.74. The maximum atomic E-state index is 12.2. The van der Waals surface area contributed by atoms with Gasteiger partial charge < -0.3 is 0 Å². The third-order valence-electron chi connectivity index (χ3n) is 4.10. The van der Waals surface area contributed by atoms with Gasteiger partial charge in [-0.25, -0.2) is 0 Å². The molecule has 0 radical (unpaired) electrons. The Hall–Kier alpha value is -0.920. The molecule has 0 N–H and O–H groups in total. The third-order valence-corrected chi connectivity index (χ3v) is 4.10. The molecule has 1 unspecified atom stereocenters. The molecule has 0 fully saturated rings. The predicted octanol–water partition coefficient (Wildman–Crippen LogP) is 3.41. The molecule has 2 nitrogen and oxygen atoms in total. The van der Waals surface area contributed by atoms with Crippen molar-refractivity contribution in [3.05, 3.63) is 11.6 Å². The average Bonchev–Trinajstić information content (AvgIpc) is 2.24. The molecule has 0 saturated carbocycles. The molecule has 0 heterocycles. The van der Waals surface area contributed by atoms with Crippen LogP contribution in [0.4, 0.5) is 0 Å². The largest absolute Gasteiger partial charge is 0.300 e. The minimum Gasteiger partial charge on any atom is -0.300 e. The van der Waals surface area contributed by atoms with E-state index in [1.54, 1.807) is 6.92 Å². The summed E-state index contributed by atoms with van der Waals surface area (Å²) in [5, 5.41) is 0. The van der Waals surface area contributed by atoms with E-state index in [2.05, 4.69) is 19.9 Å².